The molecule has 0 fully saturated rings. The molecule has 0 bridgehead atoms. The lowest BCUT2D eigenvalue weighted by Gasteiger charge is -2.00. The van der Waals surface area contributed by atoms with Crippen LogP contribution >= 0.6 is 0 Å². The first-order valence-electron chi connectivity index (χ1n) is 6.13. The van der Waals surface area contributed by atoms with Crippen LogP contribution in [0, 0.1) is 10.1 Å². The Morgan fingerprint density at radius 1 is 1.14 bits per heavy atom. The number of nitro groups is 1. The van der Waals surface area contributed by atoms with Crippen LogP contribution in [0.2, 0.25) is 0 Å². The predicted octanol–water partition coefficient (Wildman–Crippen LogP) is 2.14. The van der Waals surface area contributed by atoms with Crippen molar-refractivity contribution in [3.63, 3.8) is 0 Å². The molecule has 0 aliphatic carbocycles. The summed E-state index contributed by atoms with van der Waals surface area (Å²) < 4.78 is 1.32. The standard InChI is InChI=1S/C14H10N4O3/c19-14-9-12(10-4-6-11(7-5-10)18(20)21)16-17(14)13-3-1-2-8-15-13/h1-9,16H. The number of nitrogens with one attached hydrogen (secondary N) is 1. The summed E-state index contributed by atoms with van der Waals surface area (Å²) in [5, 5.41) is 13.6. The summed E-state index contributed by atoms with van der Waals surface area (Å²) in [5.41, 5.74) is 1.01. The molecule has 7 heteroatoms. The molecule has 3 rings (SSSR count). The Labute approximate surface area is 118 Å². The van der Waals surface area contributed by atoms with Gasteiger partial charge in [0, 0.05) is 30.0 Å². The Morgan fingerprint density at radius 3 is 2.52 bits per heavy atom. The maximum absolute atomic E-state index is 12.0. The van der Waals surface area contributed by atoms with Crippen LogP contribution in [0.4, 0.5) is 5.69 Å². The third-order valence-corrected chi connectivity index (χ3v) is 2.99. The van der Waals surface area contributed by atoms with Crippen LogP contribution in [0.25, 0.3) is 17.1 Å². The molecule has 0 aliphatic rings. The molecule has 0 amide bonds. The van der Waals surface area contributed by atoms with E-state index in [4.69, 9.17) is 0 Å². The van der Waals surface area contributed by atoms with Gasteiger partial charge in [0.15, 0.2) is 5.82 Å². The van der Waals surface area contributed by atoms with Crippen LogP contribution in [0.15, 0.2) is 59.5 Å². The van der Waals surface area contributed by atoms with Crippen molar-refractivity contribution in [2.45, 2.75) is 0 Å². The lowest BCUT2D eigenvalue weighted by molar-refractivity contribution is -0.384. The van der Waals surface area contributed by atoms with Crippen molar-refractivity contribution in [1.82, 2.24) is 14.8 Å². The van der Waals surface area contributed by atoms with E-state index in [1.54, 1.807) is 36.5 Å². The highest BCUT2D eigenvalue weighted by molar-refractivity contribution is 5.60. The van der Waals surface area contributed by atoms with Crippen molar-refractivity contribution < 1.29 is 4.92 Å². The Morgan fingerprint density at radius 2 is 1.90 bits per heavy atom. The fraction of sp³-hybridized carbons (Fsp3) is 0. The average Bonchev–Trinajstić information content (AvgIpc) is 2.90. The van der Waals surface area contributed by atoms with Gasteiger partial charge in [0.1, 0.15) is 0 Å². The zero-order valence-electron chi connectivity index (χ0n) is 10.8. The molecule has 0 atom stereocenters. The summed E-state index contributed by atoms with van der Waals surface area (Å²) in [4.78, 5) is 26.2. The minimum absolute atomic E-state index is 0.00487. The second-order valence-electron chi connectivity index (χ2n) is 4.34. The van der Waals surface area contributed by atoms with Gasteiger partial charge in [-0.15, -0.1) is 0 Å². The van der Waals surface area contributed by atoms with Crippen molar-refractivity contribution in [2.75, 3.05) is 0 Å². The number of aromatic nitrogens is 3. The predicted molar refractivity (Wildman–Crippen MR) is 76.3 cm³/mol. The van der Waals surface area contributed by atoms with E-state index in [1.165, 1.54) is 22.9 Å². The molecule has 3 aromatic rings. The molecule has 21 heavy (non-hydrogen) atoms. The van der Waals surface area contributed by atoms with E-state index in [0.29, 0.717) is 17.1 Å². The third kappa shape index (κ3) is 2.44. The maximum atomic E-state index is 12.0. The summed E-state index contributed by atoms with van der Waals surface area (Å²) >= 11 is 0. The molecule has 0 unspecified atom stereocenters. The smallest absolute Gasteiger partial charge is 0.273 e. The average molecular weight is 282 g/mol. The number of pyridine rings is 1. The molecule has 0 radical (unpaired) electrons. The molecule has 0 saturated carbocycles. The zero-order valence-corrected chi connectivity index (χ0v) is 10.8. The van der Waals surface area contributed by atoms with Gasteiger partial charge in [-0.3, -0.25) is 20.0 Å². The fourth-order valence-corrected chi connectivity index (χ4v) is 1.96. The van der Waals surface area contributed by atoms with Crippen molar-refractivity contribution >= 4 is 5.69 Å². The van der Waals surface area contributed by atoms with Gasteiger partial charge in [0.2, 0.25) is 0 Å². The van der Waals surface area contributed by atoms with E-state index < -0.39 is 4.92 Å². The Balaban J connectivity index is 2.01. The first-order chi connectivity index (χ1) is 10.1. The molecule has 2 heterocycles. The van der Waals surface area contributed by atoms with Crippen LogP contribution < -0.4 is 5.56 Å². The van der Waals surface area contributed by atoms with Gasteiger partial charge in [0.25, 0.3) is 11.2 Å². The van der Waals surface area contributed by atoms with E-state index in [2.05, 4.69) is 10.1 Å². The topological polar surface area (TPSA) is 93.8 Å². The molecule has 0 aliphatic heterocycles. The lowest BCUT2D eigenvalue weighted by atomic mass is 10.1. The Kier molecular flexibility index (Phi) is 3.07. The molecule has 2 aromatic heterocycles. The van der Waals surface area contributed by atoms with E-state index in [-0.39, 0.29) is 11.2 Å². The number of benzene rings is 1. The van der Waals surface area contributed by atoms with Gasteiger partial charge in [0.05, 0.1) is 10.6 Å². The number of H-pyrrole nitrogens is 1. The molecule has 1 N–H and O–H groups in total. The minimum atomic E-state index is -0.467. The van der Waals surface area contributed by atoms with Crippen LogP contribution in [-0.4, -0.2) is 19.7 Å². The number of aromatic amines is 1. The number of hydrogen-bond acceptors (Lipinski definition) is 4. The van der Waals surface area contributed by atoms with Gasteiger partial charge < -0.3 is 0 Å². The quantitative estimate of drug-likeness (QED) is 0.588. The zero-order chi connectivity index (χ0) is 14.8. The lowest BCUT2D eigenvalue weighted by Crippen LogP contribution is -2.14. The SMILES string of the molecule is O=c1cc(-c2ccc([N+](=O)[O-])cc2)[nH]n1-c1ccccn1. The number of nitrogens with zero attached hydrogens (tertiary/aromatic N) is 3. The largest absolute Gasteiger partial charge is 0.289 e. The number of hydrogen-bond donors (Lipinski definition) is 1. The second kappa shape index (κ2) is 5.04. The molecule has 7 nitrogen and oxygen atoms in total. The minimum Gasteiger partial charge on any atom is -0.289 e. The van der Waals surface area contributed by atoms with Crippen molar-refractivity contribution in [3.8, 4) is 17.1 Å². The van der Waals surface area contributed by atoms with E-state index in [0.717, 1.165) is 0 Å². The van der Waals surface area contributed by atoms with Gasteiger partial charge in [-0.1, -0.05) is 6.07 Å². The Bertz CT molecular complexity index is 835. The van der Waals surface area contributed by atoms with Gasteiger partial charge >= 0.3 is 0 Å². The highest BCUT2D eigenvalue weighted by Crippen LogP contribution is 2.20. The molecule has 1 aromatic carbocycles. The van der Waals surface area contributed by atoms with Gasteiger partial charge in [-0.2, -0.15) is 0 Å². The van der Waals surface area contributed by atoms with Crippen molar-refractivity contribution in [1.29, 1.82) is 0 Å². The van der Waals surface area contributed by atoms with E-state index in [9.17, 15) is 14.9 Å². The van der Waals surface area contributed by atoms with Crippen LogP contribution in [0.1, 0.15) is 0 Å². The molecule has 0 saturated heterocycles. The molecular formula is C14H10N4O3. The van der Waals surface area contributed by atoms with Crippen LogP contribution in [-0.2, 0) is 0 Å². The van der Waals surface area contributed by atoms with Crippen LogP contribution in [0.5, 0.6) is 0 Å². The summed E-state index contributed by atoms with van der Waals surface area (Å²) in [6.07, 6.45) is 1.59. The fourth-order valence-electron chi connectivity index (χ4n) is 1.96. The molecule has 104 valence electrons. The highest BCUT2D eigenvalue weighted by atomic mass is 16.6. The van der Waals surface area contributed by atoms with Gasteiger partial charge in [-0.05, 0) is 24.3 Å². The van der Waals surface area contributed by atoms with Crippen molar-refractivity contribution in [3.05, 3.63) is 75.2 Å². The maximum Gasteiger partial charge on any atom is 0.273 e. The molecular weight excluding hydrogens is 272 g/mol. The number of nitro benzene ring substituents is 1. The number of non-ortho nitro benzene ring substituents is 1. The van der Waals surface area contributed by atoms with E-state index >= 15 is 0 Å². The normalized spacial score (nSPS) is 10.5. The second-order valence-corrected chi connectivity index (χ2v) is 4.34. The summed E-state index contributed by atoms with van der Waals surface area (Å²) in [6, 6.07) is 12.6. The number of rotatable bonds is 3. The summed E-state index contributed by atoms with van der Waals surface area (Å²) in [5.74, 6) is 0.482. The highest BCUT2D eigenvalue weighted by Gasteiger charge is 2.09. The summed E-state index contributed by atoms with van der Waals surface area (Å²) in [6.45, 7) is 0. The molecule has 0 spiro atoms. The first-order valence-corrected chi connectivity index (χ1v) is 6.13. The third-order valence-electron chi connectivity index (χ3n) is 2.99. The van der Waals surface area contributed by atoms with Gasteiger partial charge in [-0.25, -0.2) is 9.67 Å². The summed E-state index contributed by atoms with van der Waals surface area (Å²) in [7, 11) is 0. The van der Waals surface area contributed by atoms with Crippen LogP contribution in [0.3, 0.4) is 0 Å². The monoisotopic (exact) mass is 282 g/mol. The Hall–Kier alpha value is -3.22. The van der Waals surface area contributed by atoms with E-state index in [1.807, 2.05) is 0 Å². The first kappa shape index (κ1) is 12.8. The van der Waals surface area contributed by atoms with Crippen molar-refractivity contribution in [2.24, 2.45) is 0 Å².